The van der Waals surface area contributed by atoms with Crippen molar-refractivity contribution in [2.75, 3.05) is 26.4 Å². The van der Waals surface area contributed by atoms with Crippen LogP contribution in [0, 0.1) is 34.9 Å². The van der Waals surface area contributed by atoms with Crippen LogP contribution in [0.25, 0.3) is 0 Å². The third-order valence-corrected chi connectivity index (χ3v) is 7.51. The molecular formula is C28H26F6N2O4. The highest BCUT2D eigenvalue weighted by Crippen LogP contribution is 2.35. The fourth-order valence-corrected chi connectivity index (χ4v) is 5.63. The molecule has 0 aromatic heterocycles. The molecule has 3 fully saturated rings. The Balaban J connectivity index is 0.000000161. The second-order valence-electron chi connectivity index (χ2n) is 10.1. The molecule has 0 saturated carbocycles. The smallest absolute Gasteiger partial charge is 0.227 e. The molecule has 0 radical (unpaired) electrons. The van der Waals surface area contributed by atoms with Gasteiger partial charge in [-0.15, -0.1) is 0 Å². The quantitative estimate of drug-likeness (QED) is 0.294. The molecule has 0 N–H and O–H groups in total. The van der Waals surface area contributed by atoms with E-state index >= 15 is 0 Å². The van der Waals surface area contributed by atoms with Gasteiger partial charge in [-0.25, -0.2) is 26.3 Å². The molecule has 2 amide bonds. The van der Waals surface area contributed by atoms with Crippen molar-refractivity contribution < 1.29 is 45.4 Å². The van der Waals surface area contributed by atoms with Crippen LogP contribution in [-0.2, 0) is 19.1 Å². The maximum atomic E-state index is 13.4. The van der Waals surface area contributed by atoms with Gasteiger partial charge >= 0.3 is 0 Å². The van der Waals surface area contributed by atoms with Crippen LogP contribution in [0.2, 0.25) is 0 Å². The third kappa shape index (κ3) is 5.46. The second kappa shape index (κ2) is 11.6. The number of nitrogens with zero attached hydrogens (tertiary/aromatic N) is 2. The SMILES string of the molecule is O=C1CC=C[C@H]2COC[C@@H](c3cc(F)c(F)c(F)c3)N12.O=C1CCC[C@H]2COC[C@@H](c3cc(F)c(F)c(F)c3)N12. The average Bonchev–Trinajstić information content (AvgIpc) is 2.94. The van der Waals surface area contributed by atoms with E-state index in [-0.39, 0.29) is 54.7 Å². The topological polar surface area (TPSA) is 59.1 Å². The lowest BCUT2D eigenvalue weighted by atomic mass is 9.94. The maximum absolute atomic E-state index is 13.4. The number of ether oxygens (including phenoxy) is 2. The molecule has 0 spiro atoms. The molecule has 214 valence electrons. The standard InChI is InChI=1S/C14H14F3NO2.C14H12F3NO2/c2*15-10-4-8(5-11(16)14(10)17)12-7-20-6-9-2-1-3-13(19)18(9)12/h4-5,9,12H,1-3,6-7H2;1-2,4-5,9,12H,3,6-7H2/t2*9-,12-/m00/s1. The van der Waals surface area contributed by atoms with Gasteiger partial charge in [-0.2, -0.15) is 0 Å². The molecule has 12 heteroatoms. The summed E-state index contributed by atoms with van der Waals surface area (Å²) in [6.07, 6.45) is 5.87. The normalized spacial score (nSPS) is 26.1. The Labute approximate surface area is 226 Å². The van der Waals surface area contributed by atoms with E-state index in [0.29, 0.717) is 19.6 Å². The minimum atomic E-state index is -1.51. The fraction of sp³-hybridized carbons (Fsp3) is 0.429. The monoisotopic (exact) mass is 568 g/mol. The van der Waals surface area contributed by atoms with Gasteiger partial charge in [0, 0.05) is 12.8 Å². The summed E-state index contributed by atoms with van der Waals surface area (Å²) in [4.78, 5) is 27.3. The predicted octanol–water partition coefficient (Wildman–Crippen LogP) is 4.89. The zero-order valence-electron chi connectivity index (χ0n) is 21.2. The van der Waals surface area contributed by atoms with Crippen LogP contribution in [0.1, 0.15) is 48.9 Å². The van der Waals surface area contributed by atoms with E-state index in [0.717, 1.165) is 37.1 Å². The number of halogens is 6. The van der Waals surface area contributed by atoms with Gasteiger partial charge in [-0.1, -0.05) is 12.2 Å². The summed E-state index contributed by atoms with van der Waals surface area (Å²) in [5.41, 5.74) is 0.441. The highest BCUT2D eigenvalue weighted by molar-refractivity contribution is 5.80. The highest BCUT2D eigenvalue weighted by atomic mass is 19.2. The van der Waals surface area contributed by atoms with Crippen LogP contribution in [-0.4, -0.2) is 60.1 Å². The Morgan fingerprint density at radius 1 is 0.675 bits per heavy atom. The molecule has 4 atom stereocenters. The first-order valence-corrected chi connectivity index (χ1v) is 12.9. The highest BCUT2D eigenvalue weighted by Gasteiger charge is 2.39. The van der Waals surface area contributed by atoms with Crippen LogP contribution >= 0.6 is 0 Å². The van der Waals surface area contributed by atoms with E-state index < -0.39 is 47.0 Å². The molecular weight excluding hydrogens is 542 g/mol. The number of morpholine rings is 2. The number of rotatable bonds is 2. The van der Waals surface area contributed by atoms with Gasteiger partial charge in [0.1, 0.15) is 0 Å². The average molecular weight is 569 g/mol. The number of hydrogen-bond acceptors (Lipinski definition) is 4. The molecule has 4 aliphatic rings. The predicted molar refractivity (Wildman–Crippen MR) is 129 cm³/mol. The van der Waals surface area contributed by atoms with Crippen LogP contribution in [0.5, 0.6) is 0 Å². The van der Waals surface area contributed by atoms with Crippen molar-refractivity contribution in [1.82, 2.24) is 9.80 Å². The molecule has 4 heterocycles. The Morgan fingerprint density at radius 2 is 1.20 bits per heavy atom. The van der Waals surface area contributed by atoms with Gasteiger partial charge < -0.3 is 19.3 Å². The van der Waals surface area contributed by atoms with Gasteiger partial charge in [0.05, 0.1) is 50.6 Å². The Morgan fingerprint density at radius 3 is 1.77 bits per heavy atom. The summed E-state index contributed by atoms with van der Waals surface area (Å²) in [7, 11) is 0. The molecule has 2 aromatic rings. The van der Waals surface area contributed by atoms with Crippen molar-refractivity contribution in [1.29, 1.82) is 0 Å². The van der Waals surface area contributed by atoms with Gasteiger partial charge in [0.15, 0.2) is 34.9 Å². The lowest BCUT2D eigenvalue weighted by Crippen LogP contribution is -2.52. The lowest BCUT2D eigenvalue weighted by molar-refractivity contribution is -0.151. The number of amides is 2. The van der Waals surface area contributed by atoms with Crippen molar-refractivity contribution in [2.24, 2.45) is 0 Å². The summed E-state index contributed by atoms with van der Waals surface area (Å²) < 4.78 is 90.3. The fourth-order valence-electron chi connectivity index (χ4n) is 5.63. The van der Waals surface area contributed by atoms with E-state index in [1.54, 1.807) is 15.9 Å². The molecule has 4 aliphatic heterocycles. The van der Waals surface area contributed by atoms with Crippen LogP contribution < -0.4 is 0 Å². The third-order valence-electron chi connectivity index (χ3n) is 7.51. The largest absolute Gasteiger partial charge is 0.377 e. The van der Waals surface area contributed by atoms with Crippen LogP contribution in [0.4, 0.5) is 26.3 Å². The zero-order chi connectivity index (χ0) is 28.6. The molecule has 3 saturated heterocycles. The van der Waals surface area contributed by atoms with E-state index in [2.05, 4.69) is 0 Å². The van der Waals surface area contributed by atoms with Crippen LogP contribution in [0.3, 0.4) is 0 Å². The van der Waals surface area contributed by atoms with Crippen molar-refractivity contribution in [3.05, 3.63) is 82.4 Å². The number of fused-ring (bicyclic) bond motifs is 2. The minimum Gasteiger partial charge on any atom is -0.377 e. The van der Waals surface area contributed by atoms with Crippen molar-refractivity contribution in [3.63, 3.8) is 0 Å². The summed E-state index contributed by atoms with van der Waals surface area (Å²) in [6.45, 7) is 1.10. The molecule has 6 rings (SSSR count). The van der Waals surface area contributed by atoms with Gasteiger partial charge in [0.25, 0.3) is 0 Å². The summed E-state index contributed by atoms with van der Waals surface area (Å²) in [6, 6.07) is 2.26. The van der Waals surface area contributed by atoms with E-state index in [4.69, 9.17) is 9.47 Å². The molecule has 0 unspecified atom stereocenters. The number of piperidine rings is 1. The first-order chi connectivity index (χ1) is 19.2. The first-order valence-electron chi connectivity index (χ1n) is 12.9. The van der Waals surface area contributed by atoms with E-state index in [1.807, 2.05) is 6.08 Å². The van der Waals surface area contributed by atoms with Gasteiger partial charge in [-0.3, -0.25) is 9.59 Å². The van der Waals surface area contributed by atoms with Crippen molar-refractivity contribution in [3.8, 4) is 0 Å². The Hall–Kier alpha value is -3.38. The van der Waals surface area contributed by atoms with Crippen molar-refractivity contribution >= 4 is 11.8 Å². The van der Waals surface area contributed by atoms with E-state index in [9.17, 15) is 35.9 Å². The lowest BCUT2D eigenvalue weighted by Gasteiger charge is -2.44. The van der Waals surface area contributed by atoms with Gasteiger partial charge in [0.2, 0.25) is 11.8 Å². The number of carbonyl (C=O) groups is 2. The van der Waals surface area contributed by atoms with Gasteiger partial charge in [-0.05, 0) is 48.2 Å². The number of hydrogen-bond donors (Lipinski definition) is 0. The minimum absolute atomic E-state index is 0.0420. The number of carbonyl (C=O) groups excluding carboxylic acids is 2. The van der Waals surface area contributed by atoms with E-state index in [1.165, 1.54) is 0 Å². The molecule has 40 heavy (non-hydrogen) atoms. The number of benzene rings is 2. The summed E-state index contributed by atoms with van der Waals surface area (Å²) >= 11 is 0. The van der Waals surface area contributed by atoms with Crippen molar-refractivity contribution in [2.45, 2.75) is 49.9 Å². The Bertz CT molecular complexity index is 1290. The zero-order valence-corrected chi connectivity index (χ0v) is 21.2. The first kappa shape index (κ1) is 28.2. The Kier molecular flexibility index (Phi) is 8.18. The van der Waals surface area contributed by atoms with Crippen LogP contribution in [0.15, 0.2) is 36.4 Å². The summed E-state index contributed by atoms with van der Waals surface area (Å²) in [5, 5.41) is 0. The molecule has 2 aromatic carbocycles. The molecule has 0 aliphatic carbocycles. The molecule has 0 bridgehead atoms. The molecule has 6 nitrogen and oxygen atoms in total. The maximum Gasteiger partial charge on any atom is 0.227 e. The summed E-state index contributed by atoms with van der Waals surface area (Å²) in [5.74, 6) is -8.18. The second-order valence-corrected chi connectivity index (χ2v) is 10.1.